The number of nitrogens with two attached hydrogens (primary N) is 1. The highest BCUT2D eigenvalue weighted by molar-refractivity contribution is 5.87. The van der Waals surface area contributed by atoms with Crippen molar-refractivity contribution in [2.75, 3.05) is 12.3 Å². The van der Waals surface area contributed by atoms with E-state index in [1.165, 1.54) is 23.8 Å². The third-order valence-corrected chi connectivity index (χ3v) is 4.88. The predicted molar refractivity (Wildman–Crippen MR) is 108 cm³/mol. The standard InChI is InChI=1S/C20H25N5O5/c1-12(27)22-15(9-13-5-3-2-4-6-13)19(28)23-14-10-18(30-16(14)11-26)25-8-7-17(21)24-20(25)29/h2-8,14-16,18,26H,9-11H2,1H3,(H,22,27)(H,23,28)(H2,21,24,29)/t14-,15-,16+,18+/m0/s1. The number of aliphatic hydroxyl groups is 1. The average Bonchev–Trinajstić information content (AvgIpc) is 3.10. The fourth-order valence-electron chi connectivity index (χ4n) is 3.46. The van der Waals surface area contributed by atoms with Gasteiger partial charge < -0.3 is 26.2 Å². The number of rotatable bonds is 7. The zero-order valence-electron chi connectivity index (χ0n) is 16.5. The normalized spacial score (nSPS) is 21.7. The van der Waals surface area contributed by atoms with Crippen LogP contribution in [-0.4, -0.2) is 51.3 Å². The number of benzene rings is 1. The molecule has 2 amide bonds. The van der Waals surface area contributed by atoms with E-state index in [-0.39, 0.29) is 24.8 Å². The molecule has 10 heteroatoms. The van der Waals surface area contributed by atoms with Gasteiger partial charge >= 0.3 is 5.69 Å². The molecule has 2 aromatic rings. The van der Waals surface area contributed by atoms with E-state index in [1.807, 2.05) is 30.3 Å². The second-order valence-corrected chi connectivity index (χ2v) is 7.15. The van der Waals surface area contributed by atoms with E-state index >= 15 is 0 Å². The Bertz CT molecular complexity index is 948. The van der Waals surface area contributed by atoms with E-state index in [0.29, 0.717) is 6.42 Å². The number of amides is 2. The van der Waals surface area contributed by atoms with Crippen molar-refractivity contribution in [1.29, 1.82) is 0 Å². The Hall–Kier alpha value is -3.24. The quantitative estimate of drug-likeness (QED) is 0.469. The highest BCUT2D eigenvalue weighted by atomic mass is 16.5. The Labute approximate surface area is 173 Å². The van der Waals surface area contributed by atoms with Crippen molar-refractivity contribution in [3.05, 3.63) is 58.6 Å². The van der Waals surface area contributed by atoms with Crippen LogP contribution in [0.15, 0.2) is 47.4 Å². The Morgan fingerprint density at radius 1 is 1.33 bits per heavy atom. The third-order valence-electron chi connectivity index (χ3n) is 4.88. The van der Waals surface area contributed by atoms with Gasteiger partial charge in [0.25, 0.3) is 0 Å². The largest absolute Gasteiger partial charge is 0.394 e. The van der Waals surface area contributed by atoms with Gasteiger partial charge in [0.2, 0.25) is 11.8 Å². The molecular formula is C20H25N5O5. The van der Waals surface area contributed by atoms with Crippen LogP contribution in [-0.2, 0) is 20.7 Å². The van der Waals surface area contributed by atoms with Gasteiger partial charge in [-0.3, -0.25) is 14.2 Å². The van der Waals surface area contributed by atoms with Gasteiger partial charge in [0.1, 0.15) is 24.2 Å². The molecule has 0 unspecified atom stereocenters. The van der Waals surface area contributed by atoms with E-state index in [9.17, 15) is 19.5 Å². The monoisotopic (exact) mass is 415 g/mol. The Kier molecular flexibility index (Phi) is 6.80. The molecule has 10 nitrogen and oxygen atoms in total. The lowest BCUT2D eigenvalue weighted by atomic mass is 10.0. The molecule has 1 saturated heterocycles. The van der Waals surface area contributed by atoms with Crippen LogP contribution in [0.3, 0.4) is 0 Å². The first-order chi connectivity index (χ1) is 14.4. The maximum atomic E-state index is 12.9. The number of carbonyl (C=O) groups excluding carboxylic acids is 2. The summed E-state index contributed by atoms with van der Waals surface area (Å²) in [6.07, 6.45) is 0.609. The number of hydrogen-bond acceptors (Lipinski definition) is 7. The zero-order valence-corrected chi connectivity index (χ0v) is 16.5. The Balaban J connectivity index is 1.72. The summed E-state index contributed by atoms with van der Waals surface area (Å²) in [6.45, 7) is 0.999. The summed E-state index contributed by atoms with van der Waals surface area (Å²) in [5, 5.41) is 15.2. The molecule has 0 aliphatic carbocycles. The van der Waals surface area contributed by atoms with Gasteiger partial charge in [0.05, 0.1) is 12.6 Å². The van der Waals surface area contributed by atoms with Crippen LogP contribution in [0, 0.1) is 0 Å². The van der Waals surface area contributed by atoms with Crippen LogP contribution in [0.25, 0.3) is 0 Å². The molecule has 1 fully saturated rings. The van der Waals surface area contributed by atoms with Crippen LogP contribution in [0.5, 0.6) is 0 Å². The summed E-state index contributed by atoms with van der Waals surface area (Å²) in [6, 6.07) is 9.45. The van der Waals surface area contributed by atoms with Crippen molar-refractivity contribution < 1.29 is 19.4 Å². The second kappa shape index (κ2) is 9.51. The Morgan fingerprint density at radius 3 is 2.70 bits per heavy atom. The van der Waals surface area contributed by atoms with Gasteiger partial charge in [0, 0.05) is 26.0 Å². The van der Waals surface area contributed by atoms with E-state index in [1.54, 1.807) is 0 Å². The summed E-state index contributed by atoms with van der Waals surface area (Å²) >= 11 is 0. The van der Waals surface area contributed by atoms with Crippen molar-refractivity contribution >= 4 is 17.6 Å². The van der Waals surface area contributed by atoms with E-state index < -0.39 is 36.0 Å². The number of nitrogens with zero attached hydrogens (tertiary/aromatic N) is 2. The molecule has 30 heavy (non-hydrogen) atoms. The molecule has 160 valence electrons. The molecule has 0 bridgehead atoms. The first-order valence-electron chi connectivity index (χ1n) is 9.59. The lowest BCUT2D eigenvalue weighted by molar-refractivity contribution is -0.129. The van der Waals surface area contributed by atoms with Crippen LogP contribution >= 0.6 is 0 Å². The first-order valence-corrected chi connectivity index (χ1v) is 9.59. The minimum Gasteiger partial charge on any atom is -0.394 e. The van der Waals surface area contributed by atoms with Crippen molar-refractivity contribution in [2.45, 2.75) is 44.2 Å². The average molecular weight is 415 g/mol. The fraction of sp³-hybridized carbons (Fsp3) is 0.400. The minimum absolute atomic E-state index is 0.0943. The maximum Gasteiger partial charge on any atom is 0.351 e. The lowest BCUT2D eigenvalue weighted by Gasteiger charge is -2.22. The number of hydrogen-bond donors (Lipinski definition) is 4. The number of anilines is 1. The highest BCUT2D eigenvalue weighted by Gasteiger charge is 2.38. The van der Waals surface area contributed by atoms with Gasteiger partial charge in [-0.2, -0.15) is 4.98 Å². The van der Waals surface area contributed by atoms with E-state index in [4.69, 9.17) is 10.5 Å². The summed E-state index contributed by atoms with van der Waals surface area (Å²) < 4.78 is 7.00. The van der Waals surface area contributed by atoms with Crippen LogP contribution in [0.4, 0.5) is 5.82 Å². The smallest absolute Gasteiger partial charge is 0.351 e. The maximum absolute atomic E-state index is 12.9. The summed E-state index contributed by atoms with van der Waals surface area (Å²) in [4.78, 5) is 40.2. The topological polar surface area (TPSA) is 149 Å². The molecule has 1 aliphatic rings. The molecule has 2 heterocycles. The first kappa shape index (κ1) is 21.5. The molecule has 4 atom stereocenters. The van der Waals surface area contributed by atoms with Gasteiger partial charge in [-0.1, -0.05) is 30.3 Å². The molecule has 0 saturated carbocycles. The van der Waals surface area contributed by atoms with Crippen molar-refractivity contribution in [2.24, 2.45) is 0 Å². The Morgan fingerprint density at radius 2 is 2.07 bits per heavy atom. The highest BCUT2D eigenvalue weighted by Crippen LogP contribution is 2.27. The van der Waals surface area contributed by atoms with Gasteiger partial charge in [-0.05, 0) is 11.6 Å². The summed E-state index contributed by atoms with van der Waals surface area (Å²) in [7, 11) is 0. The summed E-state index contributed by atoms with van der Waals surface area (Å²) in [5.41, 5.74) is 5.83. The summed E-state index contributed by atoms with van der Waals surface area (Å²) in [5.74, 6) is -0.633. The number of aromatic nitrogens is 2. The van der Waals surface area contributed by atoms with E-state index in [0.717, 1.165) is 5.56 Å². The van der Waals surface area contributed by atoms with Crippen LogP contribution in [0.1, 0.15) is 25.1 Å². The van der Waals surface area contributed by atoms with E-state index in [2.05, 4.69) is 15.6 Å². The molecule has 0 radical (unpaired) electrons. The molecule has 3 rings (SSSR count). The van der Waals surface area contributed by atoms with Gasteiger partial charge in [0.15, 0.2) is 0 Å². The number of ether oxygens (including phenoxy) is 1. The zero-order chi connectivity index (χ0) is 21.7. The molecule has 5 N–H and O–H groups in total. The van der Waals surface area contributed by atoms with Crippen molar-refractivity contribution in [3.8, 4) is 0 Å². The van der Waals surface area contributed by atoms with Crippen LogP contribution in [0.2, 0.25) is 0 Å². The van der Waals surface area contributed by atoms with Crippen LogP contribution < -0.4 is 22.1 Å². The SMILES string of the molecule is CC(=O)N[C@@H](Cc1ccccc1)C(=O)N[C@H]1C[C@H](n2ccc(N)nc2=O)O[C@@H]1CO. The fourth-order valence-corrected chi connectivity index (χ4v) is 3.46. The van der Waals surface area contributed by atoms with Crippen molar-refractivity contribution in [1.82, 2.24) is 20.2 Å². The molecule has 1 aromatic carbocycles. The molecule has 1 aromatic heterocycles. The molecule has 0 spiro atoms. The third kappa shape index (κ3) is 5.22. The number of aliphatic hydroxyl groups excluding tert-OH is 1. The molecule has 1 aliphatic heterocycles. The molecular weight excluding hydrogens is 390 g/mol. The number of carbonyl (C=O) groups is 2. The lowest BCUT2D eigenvalue weighted by Crippen LogP contribution is -2.52. The minimum atomic E-state index is -0.788. The van der Waals surface area contributed by atoms with Gasteiger partial charge in [-0.15, -0.1) is 0 Å². The van der Waals surface area contributed by atoms with Gasteiger partial charge in [-0.25, -0.2) is 4.79 Å². The predicted octanol–water partition coefficient (Wildman–Crippen LogP) is -0.662. The number of nitrogen functional groups attached to an aromatic ring is 1. The second-order valence-electron chi connectivity index (χ2n) is 7.15. The number of nitrogens with one attached hydrogen (secondary N) is 2. The van der Waals surface area contributed by atoms with Crippen molar-refractivity contribution in [3.63, 3.8) is 0 Å².